The summed E-state index contributed by atoms with van der Waals surface area (Å²) >= 11 is 0. The zero-order valence-corrected chi connectivity index (χ0v) is 71.6. The summed E-state index contributed by atoms with van der Waals surface area (Å²) in [6, 6.07) is 76.0. The molecule has 0 N–H and O–H groups in total. The summed E-state index contributed by atoms with van der Waals surface area (Å²) in [7, 11) is 0. The average molecular weight is 1470 g/mol. The van der Waals surface area contributed by atoms with E-state index < -0.39 is 0 Å². The lowest BCUT2D eigenvalue weighted by Gasteiger charge is -2.16. The Morgan fingerprint density at radius 3 is 1.12 bits per heavy atom. The van der Waals surface area contributed by atoms with Crippen molar-refractivity contribution < 1.29 is 0 Å². The minimum atomic E-state index is 1.11. The Labute approximate surface area is 677 Å². The molecular formula is C113H114. The van der Waals surface area contributed by atoms with Crippen LogP contribution in [0.4, 0.5) is 0 Å². The van der Waals surface area contributed by atoms with E-state index in [0.29, 0.717) is 0 Å². The molecule has 113 heavy (non-hydrogen) atoms. The molecule has 0 spiro atoms. The van der Waals surface area contributed by atoms with Crippen LogP contribution in [0.15, 0.2) is 206 Å². The second-order valence-electron chi connectivity index (χ2n) is 34.2. The van der Waals surface area contributed by atoms with E-state index in [9.17, 15) is 0 Å². The lowest BCUT2D eigenvalue weighted by Crippen LogP contribution is -1.98. The molecule has 0 atom stereocenters. The molecule has 0 fully saturated rings. The van der Waals surface area contributed by atoms with Crippen LogP contribution in [0.3, 0.4) is 0 Å². The lowest BCUT2D eigenvalue weighted by molar-refractivity contribution is 1.15. The maximum Gasteiger partial charge on any atom is -0.000810 e. The summed E-state index contributed by atoms with van der Waals surface area (Å²) in [6.45, 7) is 49.0. The first-order chi connectivity index (χ1) is 54.2. The standard InChI is InChI=1S/C17H18.6C16H16/c1-10-11(2)13(4)17-15-8-6-5-7-14(15)9-16(17)12(10)3;1-10-4-6-14-13(8-10)9-16-12(3)11(2)5-7-15(14)16;1-10-4-6-13-9-15-12(3)11(2)5-7-14(15)16(13)8-10;1-10-7-8-14-13-6-4-5-11(2)15(13)9-16(14)12(10)3;1-10-7-8-14-15(12(10)3)9-13-6-4-5-11(2)16(13)14;1-10-8-16-14-7-5-4-6-13(14)9-15(16)12(3)11(10)2;1-10-8-11(2)16-14-7-5-4-6-13(14)9-15(16)12(10)3/h5-8H,9H2,1-4H3;6*4-8H,9H2,1-3H3. The average Bonchev–Trinajstić information content (AvgIpc) is 1.63. The molecule has 0 aliphatic heterocycles. The van der Waals surface area contributed by atoms with Crippen LogP contribution in [-0.4, -0.2) is 0 Å². The highest BCUT2D eigenvalue weighted by Crippen LogP contribution is 2.48. The molecule has 14 aromatic carbocycles. The van der Waals surface area contributed by atoms with Crippen molar-refractivity contribution in [3.8, 4) is 77.9 Å². The van der Waals surface area contributed by atoms with E-state index in [1.165, 1.54) is 267 Å². The summed E-state index contributed by atoms with van der Waals surface area (Å²) in [5.41, 5.74) is 73.1. The van der Waals surface area contributed by atoms with Crippen LogP contribution in [0.1, 0.15) is 200 Å². The minimum Gasteiger partial charge on any atom is -0.0619 e. The lowest BCUT2D eigenvalue weighted by atomic mass is 9.89. The quantitative estimate of drug-likeness (QED) is 0.142. The van der Waals surface area contributed by atoms with Gasteiger partial charge in [-0.3, -0.25) is 0 Å². The third kappa shape index (κ3) is 14.2. The Kier molecular flexibility index (Phi) is 21.4. The first kappa shape index (κ1) is 77.4. The van der Waals surface area contributed by atoms with E-state index in [-0.39, 0.29) is 0 Å². The normalized spacial score (nSPS) is 12.4. The predicted molar refractivity (Wildman–Crippen MR) is 487 cm³/mol. The van der Waals surface area contributed by atoms with Crippen LogP contribution in [0, 0.1) is 152 Å². The van der Waals surface area contributed by atoms with E-state index >= 15 is 0 Å². The van der Waals surface area contributed by atoms with Crippen LogP contribution >= 0.6 is 0 Å². The zero-order valence-electron chi connectivity index (χ0n) is 71.6. The highest BCUT2D eigenvalue weighted by atomic mass is 14.3. The van der Waals surface area contributed by atoms with Gasteiger partial charge in [-0.2, -0.15) is 0 Å². The fourth-order valence-corrected chi connectivity index (χ4v) is 19.5. The second-order valence-corrected chi connectivity index (χ2v) is 34.2. The van der Waals surface area contributed by atoms with Crippen LogP contribution in [-0.2, 0) is 44.9 Å². The van der Waals surface area contributed by atoms with Crippen LogP contribution in [0.2, 0.25) is 0 Å². The van der Waals surface area contributed by atoms with Gasteiger partial charge in [0.1, 0.15) is 0 Å². The van der Waals surface area contributed by atoms with E-state index in [1.807, 2.05) is 0 Å². The molecule has 0 heteroatoms. The third-order valence-electron chi connectivity index (χ3n) is 27.6. The van der Waals surface area contributed by atoms with Crippen molar-refractivity contribution in [1.29, 1.82) is 0 Å². The molecule has 0 amide bonds. The Morgan fingerprint density at radius 1 is 0.142 bits per heavy atom. The maximum absolute atomic E-state index is 2.35. The number of aryl methyl sites for hydroxylation is 11. The number of benzene rings is 14. The molecule has 0 heterocycles. The monoisotopic (exact) mass is 1470 g/mol. The Balaban J connectivity index is 0.000000104. The highest BCUT2D eigenvalue weighted by Gasteiger charge is 2.29. The van der Waals surface area contributed by atoms with E-state index in [1.54, 1.807) is 11.1 Å². The Hall–Kier alpha value is -10.9. The van der Waals surface area contributed by atoms with Crippen molar-refractivity contribution >= 4 is 0 Å². The third-order valence-corrected chi connectivity index (χ3v) is 27.6. The number of hydrogen-bond acceptors (Lipinski definition) is 0. The Bertz CT molecular complexity index is 6190. The largest absolute Gasteiger partial charge is 0.0619 e. The summed E-state index contributed by atoms with van der Waals surface area (Å²) < 4.78 is 0. The van der Waals surface area contributed by atoms with Crippen LogP contribution in [0.25, 0.3) is 77.9 Å². The first-order valence-corrected chi connectivity index (χ1v) is 41.4. The van der Waals surface area contributed by atoms with Gasteiger partial charge in [-0.1, -0.05) is 217 Å². The van der Waals surface area contributed by atoms with Crippen molar-refractivity contribution in [2.24, 2.45) is 0 Å². The van der Waals surface area contributed by atoms with Crippen molar-refractivity contribution in [3.63, 3.8) is 0 Å². The van der Waals surface area contributed by atoms with E-state index in [2.05, 4.69) is 359 Å². The van der Waals surface area contributed by atoms with Gasteiger partial charge >= 0.3 is 0 Å². The number of rotatable bonds is 0. The molecule has 0 unspecified atom stereocenters. The van der Waals surface area contributed by atoms with Crippen LogP contribution < -0.4 is 0 Å². The van der Waals surface area contributed by atoms with E-state index in [4.69, 9.17) is 0 Å². The van der Waals surface area contributed by atoms with Gasteiger partial charge in [0, 0.05) is 0 Å². The van der Waals surface area contributed by atoms with Crippen molar-refractivity contribution in [2.45, 2.75) is 197 Å². The fraction of sp³-hybridized carbons (Fsp3) is 0.257. The van der Waals surface area contributed by atoms with Gasteiger partial charge in [0.15, 0.2) is 0 Å². The molecule has 0 bridgehead atoms. The smallest absolute Gasteiger partial charge is 0.000810 e. The van der Waals surface area contributed by atoms with Gasteiger partial charge in [-0.05, 0) is 464 Å². The highest BCUT2D eigenvalue weighted by molar-refractivity contribution is 5.86. The molecule has 0 saturated carbocycles. The van der Waals surface area contributed by atoms with Gasteiger partial charge in [-0.15, -0.1) is 0 Å². The molecule has 566 valence electrons. The summed E-state index contributed by atoms with van der Waals surface area (Å²) in [4.78, 5) is 0. The van der Waals surface area contributed by atoms with Crippen molar-refractivity contribution in [3.05, 3.63) is 407 Å². The summed E-state index contributed by atoms with van der Waals surface area (Å²) in [5.74, 6) is 0. The van der Waals surface area contributed by atoms with Crippen LogP contribution in [0.5, 0.6) is 0 Å². The first-order valence-electron chi connectivity index (χ1n) is 41.4. The van der Waals surface area contributed by atoms with Gasteiger partial charge < -0.3 is 0 Å². The molecule has 7 aliphatic carbocycles. The van der Waals surface area contributed by atoms with Gasteiger partial charge in [0.2, 0.25) is 0 Å². The number of fused-ring (bicyclic) bond motifs is 21. The van der Waals surface area contributed by atoms with Gasteiger partial charge in [0.05, 0.1) is 0 Å². The Morgan fingerprint density at radius 2 is 0.504 bits per heavy atom. The minimum absolute atomic E-state index is 1.11. The fourth-order valence-electron chi connectivity index (χ4n) is 19.5. The van der Waals surface area contributed by atoms with Gasteiger partial charge in [-0.25, -0.2) is 0 Å². The molecule has 7 aliphatic rings. The molecular weight excluding hydrogens is 1360 g/mol. The maximum atomic E-state index is 2.35. The molecule has 0 aromatic heterocycles. The van der Waals surface area contributed by atoms with Crippen molar-refractivity contribution in [1.82, 2.24) is 0 Å². The molecule has 0 saturated heterocycles. The summed E-state index contributed by atoms with van der Waals surface area (Å²) in [6.07, 6.45) is 7.78. The topological polar surface area (TPSA) is 0 Å². The molecule has 14 aromatic rings. The molecule has 21 rings (SSSR count). The zero-order chi connectivity index (χ0) is 79.9. The van der Waals surface area contributed by atoms with Gasteiger partial charge in [0.25, 0.3) is 0 Å². The van der Waals surface area contributed by atoms with E-state index in [0.717, 1.165) is 44.9 Å². The molecule has 0 radical (unpaired) electrons. The summed E-state index contributed by atoms with van der Waals surface area (Å²) in [5, 5.41) is 0. The number of hydrogen-bond donors (Lipinski definition) is 0. The molecule has 0 nitrogen and oxygen atoms in total. The van der Waals surface area contributed by atoms with Crippen molar-refractivity contribution in [2.75, 3.05) is 0 Å². The SMILES string of the molecule is Cc1c(C)c(C)c2c(c1C)Cc1ccccc1-2.Cc1cc(C)c2c(c1C)Cc1ccccc1-2.Cc1cc2c(c(C)c1C)Cc1ccccc1-2.Cc1ccc2c(c1)-c1ccc(C)c(C)c1C2.Cc1ccc2c(c1)Cc1c-2ccc(C)c1C.Cc1ccc2c(c1C)Cc1c(C)cccc1-2.Cc1ccc2c(c1C)Cc1cccc(C)c1-2. The predicted octanol–water partition coefficient (Wildman–Crippen LogP) is 29.6. The second kappa shape index (κ2) is 31.2.